The molecule has 0 spiro atoms. The van der Waals surface area contributed by atoms with Crippen molar-refractivity contribution in [2.24, 2.45) is 0 Å². The molecule has 0 aliphatic rings. The lowest BCUT2D eigenvalue weighted by molar-refractivity contribution is 1.02. The zero-order chi connectivity index (χ0) is 28.8. The molecule has 0 aliphatic heterocycles. The summed E-state index contributed by atoms with van der Waals surface area (Å²) >= 11 is 1.85. The van der Waals surface area contributed by atoms with E-state index in [-0.39, 0.29) is 0 Å². The highest BCUT2D eigenvalue weighted by atomic mass is 32.1. The zero-order valence-electron chi connectivity index (χ0n) is 23.4. The predicted octanol–water partition coefficient (Wildman–Crippen LogP) is 10.7. The molecule has 7 aromatic carbocycles. The SMILES string of the molecule is c1ccc(-c2nc(-n3c4ccccc4c4c5ccccc5c5c6ccccc6sc5c43)nc3c2ccc2ccccc23)cc#1. The minimum atomic E-state index is 0.664. The fraction of sp³-hybridized carbons (Fsp3) is 0. The Labute approximate surface area is 256 Å². The summed E-state index contributed by atoms with van der Waals surface area (Å²) in [5.41, 5.74) is 5.07. The van der Waals surface area contributed by atoms with Crippen LogP contribution in [0.3, 0.4) is 0 Å². The number of nitrogens with zero attached hydrogens (tertiary/aromatic N) is 3. The molecule has 4 heteroatoms. The van der Waals surface area contributed by atoms with E-state index in [0.29, 0.717) is 5.95 Å². The highest BCUT2D eigenvalue weighted by molar-refractivity contribution is 7.27. The second-order valence-electron chi connectivity index (χ2n) is 11.2. The molecule has 0 aliphatic carbocycles. The first kappa shape index (κ1) is 23.8. The minimum Gasteiger partial charge on any atom is -0.276 e. The van der Waals surface area contributed by atoms with Crippen LogP contribution in [-0.4, -0.2) is 14.5 Å². The topological polar surface area (TPSA) is 30.7 Å². The molecule has 3 aromatic heterocycles. The van der Waals surface area contributed by atoms with E-state index in [1.165, 1.54) is 41.7 Å². The van der Waals surface area contributed by atoms with Crippen LogP contribution in [0.5, 0.6) is 0 Å². The van der Waals surface area contributed by atoms with Crippen molar-refractivity contribution in [3.05, 3.63) is 140 Å². The normalized spacial score (nSPS) is 11.9. The molecule has 0 saturated carbocycles. The molecule has 0 N–H and O–H groups in total. The van der Waals surface area contributed by atoms with Crippen LogP contribution in [0.15, 0.2) is 127 Å². The number of aromatic nitrogens is 3. The Morgan fingerprint density at radius 1 is 0.568 bits per heavy atom. The van der Waals surface area contributed by atoms with Crippen molar-refractivity contribution in [3.63, 3.8) is 0 Å². The number of para-hydroxylation sites is 1. The van der Waals surface area contributed by atoms with Gasteiger partial charge in [0.05, 0.1) is 26.9 Å². The van der Waals surface area contributed by atoms with Crippen molar-refractivity contribution >= 4 is 85.8 Å². The van der Waals surface area contributed by atoms with Crippen molar-refractivity contribution in [2.45, 2.75) is 0 Å². The fourth-order valence-electron chi connectivity index (χ4n) is 7.00. The maximum atomic E-state index is 5.41. The van der Waals surface area contributed by atoms with Crippen molar-refractivity contribution in [2.75, 3.05) is 0 Å². The third kappa shape index (κ3) is 3.17. The summed E-state index contributed by atoms with van der Waals surface area (Å²) in [6, 6.07) is 51.1. The van der Waals surface area contributed by atoms with Crippen molar-refractivity contribution < 1.29 is 0 Å². The van der Waals surface area contributed by atoms with Crippen LogP contribution >= 0.6 is 11.3 Å². The van der Waals surface area contributed by atoms with Crippen molar-refractivity contribution in [1.82, 2.24) is 14.5 Å². The van der Waals surface area contributed by atoms with Crippen LogP contribution < -0.4 is 0 Å². The summed E-state index contributed by atoms with van der Waals surface area (Å²) < 4.78 is 4.83. The van der Waals surface area contributed by atoms with E-state index >= 15 is 0 Å². The number of benzene rings is 6. The number of hydrogen-bond donors (Lipinski definition) is 0. The quantitative estimate of drug-likeness (QED) is 0.192. The molecule has 0 atom stereocenters. The molecule has 0 amide bonds. The molecule has 0 fully saturated rings. The van der Waals surface area contributed by atoms with Crippen LogP contribution in [-0.2, 0) is 0 Å². The summed E-state index contributed by atoms with van der Waals surface area (Å²) in [4.78, 5) is 10.8. The van der Waals surface area contributed by atoms with Crippen molar-refractivity contribution in [1.29, 1.82) is 0 Å². The lowest BCUT2D eigenvalue weighted by Gasteiger charge is -2.13. The average Bonchev–Trinajstić information content (AvgIpc) is 3.65. The molecule has 0 unspecified atom stereocenters. The lowest BCUT2D eigenvalue weighted by atomic mass is 9.99. The number of fused-ring (bicyclic) bond motifs is 13. The molecular weight excluding hydrogens is 555 g/mol. The van der Waals surface area contributed by atoms with Gasteiger partial charge in [0.2, 0.25) is 5.95 Å². The maximum absolute atomic E-state index is 5.41. The highest BCUT2D eigenvalue weighted by Gasteiger charge is 2.23. The first-order valence-electron chi connectivity index (χ1n) is 14.7. The Bertz CT molecular complexity index is 2770. The van der Waals surface area contributed by atoms with Gasteiger partial charge >= 0.3 is 0 Å². The Morgan fingerprint density at radius 2 is 1.30 bits per heavy atom. The van der Waals surface area contributed by atoms with Crippen LogP contribution in [0.25, 0.3) is 91.6 Å². The summed E-state index contributed by atoms with van der Waals surface area (Å²) in [7, 11) is 0. The van der Waals surface area contributed by atoms with Crippen LogP contribution in [0.1, 0.15) is 0 Å². The smallest absolute Gasteiger partial charge is 0.235 e. The van der Waals surface area contributed by atoms with Gasteiger partial charge in [0, 0.05) is 42.6 Å². The molecule has 0 bridgehead atoms. The first-order valence-corrected chi connectivity index (χ1v) is 15.5. The van der Waals surface area contributed by atoms with Gasteiger partial charge in [-0.25, -0.2) is 9.97 Å². The van der Waals surface area contributed by atoms with Gasteiger partial charge in [0.15, 0.2) is 0 Å². The van der Waals surface area contributed by atoms with Crippen LogP contribution in [0.2, 0.25) is 0 Å². The van der Waals surface area contributed by atoms with E-state index in [1.54, 1.807) is 0 Å². The number of hydrogen-bond acceptors (Lipinski definition) is 3. The van der Waals surface area contributed by atoms with E-state index in [4.69, 9.17) is 9.97 Å². The van der Waals surface area contributed by atoms with E-state index < -0.39 is 0 Å². The summed E-state index contributed by atoms with van der Waals surface area (Å²) in [5.74, 6) is 0.664. The molecule has 10 aromatic rings. The monoisotopic (exact) mass is 575 g/mol. The maximum Gasteiger partial charge on any atom is 0.235 e. The predicted molar refractivity (Wildman–Crippen MR) is 185 cm³/mol. The van der Waals surface area contributed by atoms with Gasteiger partial charge in [-0.05, 0) is 52.6 Å². The van der Waals surface area contributed by atoms with Gasteiger partial charge in [-0.2, -0.15) is 0 Å². The van der Waals surface area contributed by atoms with Gasteiger partial charge < -0.3 is 0 Å². The largest absolute Gasteiger partial charge is 0.276 e. The lowest BCUT2D eigenvalue weighted by Crippen LogP contribution is -2.04. The Morgan fingerprint density at radius 3 is 2.14 bits per heavy atom. The minimum absolute atomic E-state index is 0.664. The Balaban J connectivity index is 1.47. The number of thiophene rings is 1. The Hall–Kier alpha value is -5.76. The molecule has 3 nitrogen and oxygen atoms in total. The standard InChI is InChI=1S/C40H21N3S/c1-2-13-25(14-3-1)36-31-23-22-24-12-4-5-15-26(24)37(31)42-40(41-36)43-32-20-10-8-18-29(32)34-27-16-6-7-17-28(27)35-30-19-9-11-21-33(30)44-39(35)38(34)43/h2,4-23H. The molecule has 3 heterocycles. The van der Waals surface area contributed by atoms with Crippen molar-refractivity contribution in [3.8, 4) is 17.2 Å². The molecule has 0 saturated heterocycles. The van der Waals surface area contributed by atoms with E-state index in [1.807, 2.05) is 23.5 Å². The third-order valence-corrected chi connectivity index (χ3v) is 10.0. The number of rotatable bonds is 2. The summed E-state index contributed by atoms with van der Waals surface area (Å²) in [6.07, 6.45) is 0. The second kappa shape index (κ2) is 8.87. The van der Waals surface area contributed by atoms with Gasteiger partial charge in [-0.1, -0.05) is 103 Å². The molecule has 44 heavy (non-hydrogen) atoms. The average molecular weight is 576 g/mol. The van der Waals surface area contributed by atoms with Gasteiger partial charge in [-0.3, -0.25) is 4.57 Å². The van der Waals surface area contributed by atoms with Gasteiger partial charge in [-0.15, -0.1) is 11.3 Å². The second-order valence-corrected chi connectivity index (χ2v) is 12.3. The zero-order valence-corrected chi connectivity index (χ0v) is 24.2. The highest BCUT2D eigenvalue weighted by Crippen LogP contribution is 2.47. The third-order valence-electron chi connectivity index (χ3n) is 8.86. The Kier molecular flexibility index (Phi) is 4.79. The van der Waals surface area contributed by atoms with E-state index in [2.05, 4.69) is 132 Å². The first-order chi connectivity index (χ1) is 21.8. The molecule has 10 rings (SSSR count). The molecule has 0 radical (unpaired) electrons. The fourth-order valence-corrected chi connectivity index (χ4v) is 8.26. The van der Waals surface area contributed by atoms with Crippen LogP contribution in [0, 0.1) is 12.1 Å². The van der Waals surface area contributed by atoms with E-state index in [0.717, 1.165) is 44.0 Å². The van der Waals surface area contributed by atoms with Gasteiger partial charge in [0.25, 0.3) is 0 Å². The summed E-state index contributed by atoms with van der Waals surface area (Å²) in [5, 5.41) is 10.8. The molecular formula is C40H21N3S. The van der Waals surface area contributed by atoms with Crippen LogP contribution in [0.4, 0.5) is 0 Å². The van der Waals surface area contributed by atoms with E-state index in [9.17, 15) is 0 Å². The summed E-state index contributed by atoms with van der Waals surface area (Å²) in [6.45, 7) is 0. The molecule has 202 valence electrons. The van der Waals surface area contributed by atoms with Gasteiger partial charge in [0.1, 0.15) is 0 Å².